The summed E-state index contributed by atoms with van der Waals surface area (Å²) in [6.45, 7) is 6.01. The van der Waals surface area contributed by atoms with Gasteiger partial charge in [-0.25, -0.2) is 0 Å². The van der Waals surface area contributed by atoms with Gasteiger partial charge in [-0.15, -0.1) is 0 Å². The van der Waals surface area contributed by atoms with Crippen LogP contribution in [-0.4, -0.2) is 25.0 Å². The van der Waals surface area contributed by atoms with Crippen molar-refractivity contribution in [3.05, 3.63) is 35.9 Å². The van der Waals surface area contributed by atoms with Crippen LogP contribution < -0.4 is 5.73 Å². The quantitative estimate of drug-likeness (QED) is 0.840. The van der Waals surface area contributed by atoms with E-state index in [2.05, 4.69) is 49.9 Å². The average molecular weight is 262 g/mol. The van der Waals surface area contributed by atoms with E-state index in [0.29, 0.717) is 12.0 Å². The Kier molecular flexibility index (Phi) is 3.16. The minimum absolute atomic E-state index is 0.128. The maximum atomic E-state index is 5.97. The number of benzene rings is 1. The monoisotopic (exact) mass is 262 g/mol. The standard InChI is InChI=1S/C16H23NO2/c1-15(2)11-16(18-8-9-19-16)10-13(14(15)17)12-6-4-3-5-7-12/h3-7,13-14H,8-11,17H2,1-2H3/p+1/t13-,14+/m1/s1. The minimum Gasteiger partial charge on any atom is -0.354 e. The zero-order valence-corrected chi connectivity index (χ0v) is 11.9. The molecule has 3 heteroatoms. The zero-order chi connectivity index (χ0) is 13.5. The lowest BCUT2D eigenvalue weighted by Gasteiger charge is -2.47. The van der Waals surface area contributed by atoms with Gasteiger partial charge in [0.2, 0.25) is 0 Å². The molecule has 1 heterocycles. The fourth-order valence-electron chi connectivity index (χ4n) is 3.69. The number of ether oxygens (including phenoxy) is 2. The summed E-state index contributed by atoms with van der Waals surface area (Å²) in [7, 11) is 0. The van der Waals surface area contributed by atoms with Crippen molar-refractivity contribution in [3.63, 3.8) is 0 Å². The van der Waals surface area contributed by atoms with Crippen LogP contribution in [0.3, 0.4) is 0 Å². The Morgan fingerprint density at radius 3 is 2.37 bits per heavy atom. The van der Waals surface area contributed by atoms with Crippen molar-refractivity contribution in [1.82, 2.24) is 0 Å². The molecule has 3 nitrogen and oxygen atoms in total. The van der Waals surface area contributed by atoms with Gasteiger partial charge >= 0.3 is 0 Å². The van der Waals surface area contributed by atoms with Gasteiger partial charge in [0.15, 0.2) is 5.79 Å². The molecule has 0 radical (unpaired) electrons. The second-order valence-corrected chi connectivity index (χ2v) is 6.60. The molecule has 1 saturated carbocycles. The highest BCUT2D eigenvalue weighted by Gasteiger charge is 2.54. The van der Waals surface area contributed by atoms with Crippen molar-refractivity contribution in [3.8, 4) is 0 Å². The molecule has 0 unspecified atom stereocenters. The van der Waals surface area contributed by atoms with Crippen LogP contribution in [0.2, 0.25) is 0 Å². The molecule has 2 aliphatic rings. The molecule has 1 aromatic rings. The van der Waals surface area contributed by atoms with E-state index in [0.717, 1.165) is 26.1 Å². The lowest BCUT2D eigenvalue weighted by molar-refractivity contribution is -0.466. The van der Waals surface area contributed by atoms with Crippen LogP contribution in [0.15, 0.2) is 30.3 Å². The molecule has 2 atom stereocenters. The largest absolute Gasteiger partial charge is 0.354 e. The Morgan fingerprint density at radius 1 is 1.11 bits per heavy atom. The molecule has 0 aromatic heterocycles. The first-order valence-electron chi connectivity index (χ1n) is 7.18. The Morgan fingerprint density at radius 2 is 1.74 bits per heavy atom. The molecule has 3 rings (SSSR count). The Bertz CT molecular complexity index is 437. The molecular weight excluding hydrogens is 238 g/mol. The smallest absolute Gasteiger partial charge is 0.170 e. The maximum absolute atomic E-state index is 5.97. The summed E-state index contributed by atoms with van der Waals surface area (Å²) in [6.07, 6.45) is 1.87. The van der Waals surface area contributed by atoms with E-state index < -0.39 is 0 Å². The average Bonchev–Trinajstić information content (AvgIpc) is 2.83. The molecule has 1 aliphatic carbocycles. The van der Waals surface area contributed by atoms with Crippen molar-refractivity contribution >= 4 is 0 Å². The molecule has 104 valence electrons. The molecule has 1 spiro atoms. The van der Waals surface area contributed by atoms with Crippen LogP contribution in [-0.2, 0) is 9.47 Å². The third kappa shape index (κ3) is 2.31. The summed E-state index contributed by atoms with van der Waals surface area (Å²) in [4.78, 5) is 0. The third-order valence-electron chi connectivity index (χ3n) is 4.79. The minimum atomic E-state index is -0.377. The number of hydrogen-bond donors (Lipinski definition) is 1. The first-order chi connectivity index (χ1) is 9.03. The van der Waals surface area contributed by atoms with Crippen LogP contribution >= 0.6 is 0 Å². The molecular formula is C16H24NO2+. The van der Waals surface area contributed by atoms with Gasteiger partial charge in [0, 0.05) is 24.2 Å². The molecule has 0 bridgehead atoms. The van der Waals surface area contributed by atoms with Crippen molar-refractivity contribution in [2.45, 2.75) is 44.4 Å². The Hall–Kier alpha value is -0.900. The summed E-state index contributed by atoms with van der Waals surface area (Å²) in [5, 5.41) is 0. The highest BCUT2D eigenvalue weighted by molar-refractivity contribution is 5.23. The number of quaternary nitrogens is 1. The highest BCUT2D eigenvalue weighted by Crippen LogP contribution is 2.49. The molecule has 3 N–H and O–H groups in total. The first kappa shape index (κ1) is 13.1. The van der Waals surface area contributed by atoms with Crippen LogP contribution in [0.1, 0.15) is 38.2 Å². The van der Waals surface area contributed by atoms with Crippen LogP contribution in [0, 0.1) is 5.41 Å². The predicted octanol–water partition coefficient (Wildman–Crippen LogP) is 1.94. The maximum Gasteiger partial charge on any atom is 0.170 e. The van der Waals surface area contributed by atoms with Gasteiger partial charge in [-0.3, -0.25) is 0 Å². The van der Waals surface area contributed by atoms with Gasteiger partial charge in [0.1, 0.15) is 0 Å². The van der Waals surface area contributed by atoms with Crippen molar-refractivity contribution in [1.29, 1.82) is 0 Å². The topological polar surface area (TPSA) is 46.1 Å². The Labute approximate surface area is 115 Å². The number of hydrogen-bond acceptors (Lipinski definition) is 2. The van der Waals surface area contributed by atoms with Gasteiger partial charge in [-0.2, -0.15) is 0 Å². The molecule has 2 fully saturated rings. The lowest BCUT2D eigenvalue weighted by atomic mass is 9.64. The van der Waals surface area contributed by atoms with E-state index in [4.69, 9.17) is 9.47 Å². The van der Waals surface area contributed by atoms with E-state index in [1.54, 1.807) is 0 Å². The molecule has 19 heavy (non-hydrogen) atoms. The summed E-state index contributed by atoms with van der Waals surface area (Å²) < 4.78 is 11.9. The van der Waals surface area contributed by atoms with Gasteiger partial charge < -0.3 is 15.2 Å². The van der Waals surface area contributed by atoms with E-state index in [-0.39, 0.29) is 11.2 Å². The second-order valence-electron chi connectivity index (χ2n) is 6.60. The van der Waals surface area contributed by atoms with Crippen LogP contribution in [0.4, 0.5) is 0 Å². The SMILES string of the molecule is CC1(C)CC2(C[C@H](c3ccccc3)[C@@H]1[NH3+])OCCO2. The van der Waals surface area contributed by atoms with Gasteiger partial charge in [-0.1, -0.05) is 44.2 Å². The summed E-state index contributed by atoms with van der Waals surface area (Å²) in [6, 6.07) is 11.1. The van der Waals surface area contributed by atoms with E-state index in [1.165, 1.54) is 5.56 Å². The van der Waals surface area contributed by atoms with E-state index >= 15 is 0 Å². The van der Waals surface area contributed by atoms with E-state index in [1.807, 2.05) is 0 Å². The van der Waals surface area contributed by atoms with Crippen molar-refractivity contribution in [2.75, 3.05) is 13.2 Å². The van der Waals surface area contributed by atoms with Gasteiger partial charge in [0.05, 0.1) is 19.3 Å². The third-order valence-corrected chi connectivity index (χ3v) is 4.79. The van der Waals surface area contributed by atoms with E-state index in [9.17, 15) is 0 Å². The van der Waals surface area contributed by atoms with Crippen molar-refractivity contribution < 1.29 is 15.2 Å². The summed E-state index contributed by atoms with van der Waals surface area (Å²) in [5.74, 6) is 0.0288. The molecule has 0 amide bonds. The first-order valence-corrected chi connectivity index (χ1v) is 7.18. The van der Waals surface area contributed by atoms with Gasteiger partial charge in [0.25, 0.3) is 0 Å². The fourth-order valence-corrected chi connectivity index (χ4v) is 3.69. The predicted molar refractivity (Wildman–Crippen MR) is 73.5 cm³/mol. The molecule has 1 aliphatic heterocycles. The number of rotatable bonds is 1. The Balaban J connectivity index is 1.94. The highest BCUT2D eigenvalue weighted by atomic mass is 16.7. The zero-order valence-electron chi connectivity index (χ0n) is 11.9. The fraction of sp³-hybridized carbons (Fsp3) is 0.625. The summed E-state index contributed by atoms with van der Waals surface area (Å²) >= 11 is 0. The van der Waals surface area contributed by atoms with Gasteiger partial charge in [-0.05, 0) is 5.56 Å². The normalized spacial score (nSPS) is 32.6. The lowest BCUT2D eigenvalue weighted by Crippen LogP contribution is -2.73. The second kappa shape index (κ2) is 4.58. The van der Waals surface area contributed by atoms with Crippen LogP contribution in [0.25, 0.3) is 0 Å². The molecule has 1 aromatic carbocycles. The molecule has 1 saturated heterocycles. The van der Waals surface area contributed by atoms with Crippen molar-refractivity contribution in [2.24, 2.45) is 5.41 Å². The summed E-state index contributed by atoms with van der Waals surface area (Å²) in [5.41, 5.74) is 5.93. The van der Waals surface area contributed by atoms with Crippen LogP contribution in [0.5, 0.6) is 0 Å².